The largest absolute Gasteiger partial charge is 0.396 e. The average molecular weight is 248 g/mol. The molecule has 18 heavy (non-hydrogen) atoms. The molecule has 1 aromatic carbocycles. The zero-order valence-electron chi connectivity index (χ0n) is 12.4. The number of unbranched alkanes of at least 4 members (excludes halogenated alkanes) is 1. The predicted octanol–water partition coefficient (Wildman–Crippen LogP) is 4.60. The van der Waals surface area contributed by atoms with Gasteiger partial charge in [0.05, 0.1) is 6.61 Å². The van der Waals surface area contributed by atoms with E-state index < -0.39 is 0 Å². The normalized spacial score (nSPS) is 14.5. The van der Waals surface area contributed by atoms with Crippen LogP contribution in [-0.4, -0.2) is 11.7 Å². The highest BCUT2D eigenvalue weighted by atomic mass is 16.3. The van der Waals surface area contributed by atoms with Crippen molar-refractivity contribution in [3.05, 3.63) is 34.9 Å². The van der Waals surface area contributed by atoms with E-state index in [2.05, 4.69) is 45.9 Å². The van der Waals surface area contributed by atoms with E-state index >= 15 is 0 Å². The molecule has 0 aromatic heterocycles. The fraction of sp³-hybridized carbons (Fsp3) is 0.647. The minimum absolute atomic E-state index is 0.270. The molecule has 2 atom stereocenters. The molecule has 0 aliphatic carbocycles. The van der Waals surface area contributed by atoms with Gasteiger partial charge in [-0.2, -0.15) is 0 Å². The first-order valence-corrected chi connectivity index (χ1v) is 7.32. The molecule has 0 spiro atoms. The molecule has 102 valence electrons. The zero-order chi connectivity index (χ0) is 13.5. The zero-order valence-corrected chi connectivity index (χ0v) is 12.4. The van der Waals surface area contributed by atoms with Crippen molar-refractivity contribution in [2.24, 2.45) is 5.92 Å². The van der Waals surface area contributed by atoms with Crippen molar-refractivity contribution in [2.75, 3.05) is 6.61 Å². The van der Waals surface area contributed by atoms with E-state index in [1.54, 1.807) is 0 Å². The Labute approximate surface area is 112 Å². The molecule has 1 rings (SSSR count). The van der Waals surface area contributed by atoms with Crippen molar-refractivity contribution in [3.8, 4) is 0 Å². The Morgan fingerprint density at radius 3 is 2.44 bits per heavy atom. The Kier molecular flexibility index (Phi) is 6.42. The smallest absolute Gasteiger partial charge is 0.0502 e. The Bertz CT molecular complexity index is 357. The third kappa shape index (κ3) is 3.84. The second kappa shape index (κ2) is 7.58. The summed E-state index contributed by atoms with van der Waals surface area (Å²) >= 11 is 0. The number of rotatable bonds is 7. The van der Waals surface area contributed by atoms with Crippen LogP contribution in [0, 0.1) is 19.8 Å². The molecular formula is C17H28O. The fourth-order valence-corrected chi connectivity index (χ4v) is 2.82. The van der Waals surface area contributed by atoms with Crippen molar-refractivity contribution >= 4 is 0 Å². The topological polar surface area (TPSA) is 20.2 Å². The summed E-state index contributed by atoms with van der Waals surface area (Å²) < 4.78 is 0. The van der Waals surface area contributed by atoms with Gasteiger partial charge in [0.2, 0.25) is 0 Å². The number of benzene rings is 1. The number of hydrogen-bond donors (Lipinski definition) is 1. The van der Waals surface area contributed by atoms with Gasteiger partial charge in [-0.15, -0.1) is 0 Å². The maximum Gasteiger partial charge on any atom is 0.0502 e. The van der Waals surface area contributed by atoms with Crippen LogP contribution in [0.15, 0.2) is 18.2 Å². The van der Waals surface area contributed by atoms with Crippen molar-refractivity contribution in [1.82, 2.24) is 0 Å². The SMILES string of the molecule is CCCC[C@H](CC)[C@@H](CO)c1cc(C)ccc1C. The summed E-state index contributed by atoms with van der Waals surface area (Å²) in [5.41, 5.74) is 3.95. The molecule has 0 heterocycles. The predicted molar refractivity (Wildman–Crippen MR) is 79.0 cm³/mol. The minimum Gasteiger partial charge on any atom is -0.396 e. The van der Waals surface area contributed by atoms with Crippen LogP contribution in [0.3, 0.4) is 0 Å². The Morgan fingerprint density at radius 1 is 1.17 bits per heavy atom. The molecule has 1 nitrogen and oxygen atoms in total. The van der Waals surface area contributed by atoms with Gasteiger partial charge < -0.3 is 5.11 Å². The van der Waals surface area contributed by atoms with E-state index in [9.17, 15) is 5.11 Å². The van der Waals surface area contributed by atoms with Crippen LogP contribution in [0.2, 0.25) is 0 Å². The Morgan fingerprint density at radius 2 is 1.89 bits per heavy atom. The number of aliphatic hydroxyl groups is 1. The van der Waals surface area contributed by atoms with Crippen LogP contribution in [0.25, 0.3) is 0 Å². The first-order valence-electron chi connectivity index (χ1n) is 7.32. The van der Waals surface area contributed by atoms with Gasteiger partial charge in [0.25, 0.3) is 0 Å². The summed E-state index contributed by atoms with van der Waals surface area (Å²) in [7, 11) is 0. The van der Waals surface area contributed by atoms with Crippen molar-refractivity contribution in [3.63, 3.8) is 0 Å². The van der Waals surface area contributed by atoms with Crippen LogP contribution >= 0.6 is 0 Å². The second-order valence-electron chi connectivity index (χ2n) is 5.46. The number of aryl methyl sites for hydroxylation is 2. The summed E-state index contributed by atoms with van der Waals surface area (Å²) in [6, 6.07) is 6.59. The maximum absolute atomic E-state index is 9.80. The minimum atomic E-state index is 0.270. The Balaban J connectivity index is 2.95. The fourth-order valence-electron chi connectivity index (χ4n) is 2.82. The van der Waals surface area contributed by atoms with E-state index in [1.165, 1.54) is 36.0 Å². The van der Waals surface area contributed by atoms with Gasteiger partial charge in [0, 0.05) is 5.92 Å². The first kappa shape index (κ1) is 15.2. The van der Waals surface area contributed by atoms with Crippen molar-refractivity contribution < 1.29 is 5.11 Å². The molecule has 1 aromatic rings. The monoisotopic (exact) mass is 248 g/mol. The molecule has 0 fully saturated rings. The van der Waals surface area contributed by atoms with Crippen molar-refractivity contribution in [2.45, 2.75) is 59.3 Å². The van der Waals surface area contributed by atoms with Crippen LogP contribution < -0.4 is 0 Å². The summed E-state index contributed by atoms with van der Waals surface area (Å²) in [5.74, 6) is 0.914. The van der Waals surface area contributed by atoms with E-state index in [0.717, 1.165) is 6.42 Å². The van der Waals surface area contributed by atoms with Gasteiger partial charge in [-0.05, 0) is 37.3 Å². The lowest BCUT2D eigenvalue weighted by Crippen LogP contribution is -2.17. The quantitative estimate of drug-likeness (QED) is 0.748. The van der Waals surface area contributed by atoms with Gasteiger partial charge in [-0.1, -0.05) is 56.9 Å². The van der Waals surface area contributed by atoms with E-state index in [-0.39, 0.29) is 6.61 Å². The lowest BCUT2D eigenvalue weighted by Gasteiger charge is -2.26. The average Bonchev–Trinajstić information content (AvgIpc) is 2.38. The summed E-state index contributed by atoms with van der Waals surface area (Å²) in [6.07, 6.45) is 4.88. The van der Waals surface area contributed by atoms with Gasteiger partial charge in [-0.3, -0.25) is 0 Å². The van der Waals surface area contributed by atoms with Gasteiger partial charge in [0.1, 0.15) is 0 Å². The first-order chi connectivity index (χ1) is 8.63. The third-order valence-electron chi connectivity index (χ3n) is 4.05. The second-order valence-corrected chi connectivity index (χ2v) is 5.46. The van der Waals surface area contributed by atoms with Crippen molar-refractivity contribution in [1.29, 1.82) is 0 Å². The Hall–Kier alpha value is -0.820. The molecule has 0 amide bonds. The van der Waals surface area contributed by atoms with E-state index in [1.807, 2.05) is 0 Å². The van der Waals surface area contributed by atoms with Crippen LogP contribution in [0.4, 0.5) is 0 Å². The molecule has 1 N–H and O–H groups in total. The van der Waals surface area contributed by atoms with Gasteiger partial charge >= 0.3 is 0 Å². The lowest BCUT2D eigenvalue weighted by atomic mass is 9.80. The third-order valence-corrected chi connectivity index (χ3v) is 4.05. The molecule has 0 unspecified atom stereocenters. The highest BCUT2D eigenvalue weighted by Crippen LogP contribution is 2.33. The lowest BCUT2D eigenvalue weighted by molar-refractivity contribution is 0.213. The van der Waals surface area contributed by atoms with Crippen LogP contribution in [-0.2, 0) is 0 Å². The van der Waals surface area contributed by atoms with E-state index in [0.29, 0.717) is 11.8 Å². The molecule has 1 heteroatoms. The molecular weight excluding hydrogens is 220 g/mol. The van der Waals surface area contributed by atoms with Crippen LogP contribution in [0.5, 0.6) is 0 Å². The molecule has 0 saturated carbocycles. The standard InChI is InChI=1S/C17H28O/c1-5-7-8-15(6-2)17(12-18)16-11-13(3)9-10-14(16)4/h9-11,15,17-18H,5-8,12H2,1-4H3/t15-,17+/m0/s1. The number of hydrogen-bond acceptors (Lipinski definition) is 1. The highest BCUT2D eigenvalue weighted by molar-refractivity contribution is 5.33. The molecule has 0 saturated heterocycles. The van der Waals surface area contributed by atoms with Gasteiger partial charge in [-0.25, -0.2) is 0 Å². The molecule has 0 radical (unpaired) electrons. The molecule has 0 aliphatic heterocycles. The molecule has 0 aliphatic rings. The van der Waals surface area contributed by atoms with E-state index in [4.69, 9.17) is 0 Å². The number of aliphatic hydroxyl groups excluding tert-OH is 1. The van der Waals surface area contributed by atoms with Gasteiger partial charge in [0.15, 0.2) is 0 Å². The van der Waals surface area contributed by atoms with Crippen LogP contribution in [0.1, 0.15) is 62.1 Å². The summed E-state index contributed by atoms with van der Waals surface area (Å²) in [5, 5.41) is 9.80. The molecule has 0 bridgehead atoms. The summed E-state index contributed by atoms with van der Waals surface area (Å²) in [4.78, 5) is 0. The summed E-state index contributed by atoms with van der Waals surface area (Å²) in [6.45, 7) is 9.04. The highest BCUT2D eigenvalue weighted by Gasteiger charge is 2.22. The maximum atomic E-state index is 9.80.